The van der Waals surface area contributed by atoms with Crippen LogP contribution in [0.15, 0.2) is 71.3 Å². The summed E-state index contributed by atoms with van der Waals surface area (Å²) in [7, 11) is 0. The van der Waals surface area contributed by atoms with Crippen molar-refractivity contribution >= 4 is 33.2 Å². The Labute approximate surface area is 158 Å². The molecule has 0 bridgehead atoms. The lowest BCUT2D eigenvalue weighted by Gasteiger charge is -2.09. The Morgan fingerprint density at radius 1 is 1.00 bits per heavy atom. The third kappa shape index (κ3) is 3.38. The van der Waals surface area contributed by atoms with Gasteiger partial charge in [-0.3, -0.25) is 4.40 Å². The fraction of sp³-hybridized carbons (Fsp3) is 0.0526. The molecular weight excluding hydrogens is 402 g/mol. The standard InChI is InChI=1S/C19H13BrClN3O/c20-14-6-9-18-22-23-19(24(18)11-14)16-8-7-15(10-17(16)21)25-12-13-4-2-1-3-5-13/h1-11H,12H2. The molecule has 0 saturated carbocycles. The Hall–Kier alpha value is -2.37. The lowest BCUT2D eigenvalue weighted by Crippen LogP contribution is -1.96. The Balaban J connectivity index is 1.62. The van der Waals surface area contributed by atoms with E-state index in [1.54, 1.807) is 6.07 Å². The number of hydrogen-bond acceptors (Lipinski definition) is 3. The highest BCUT2D eigenvalue weighted by atomic mass is 79.9. The van der Waals surface area contributed by atoms with Crippen molar-refractivity contribution in [3.63, 3.8) is 0 Å². The van der Waals surface area contributed by atoms with Crippen molar-refractivity contribution in [2.24, 2.45) is 0 Å². The summed E-state index contributed by atoms with van der Waals surface area (Å²) < 4.78 is 8.66. The normalized spacial score (nSPS) is 11.0. The van der Waals surface area contributed by atoms with Crippen molar-refractivity contribution in [3.05, 3.63) is 81.9 Å². The van der Waals surface area contributed by atoms with Crippen LogP contribution in [0.5, 0.6) is 5.75 Å². The Morgan fingerprint density at radius 3 is 2.64 bits per heavy atom. The molecule has 2 aromatic heterocycles. The molecule has 0 unspecified atom stereocenters. The van der Waals surface area contributed by atoms with E-state index < -0.39 is 0 Å². The van der Waals surface area contributed by atoms with E-state index in [4.69, 9.17) is 16.3 Å². The Kier molecular flexibility index (Phi) is 4.42. The predicted molar refractivity (Wildman–Crippen MR) is 102 cm³/mol. The first-order valence-electron chi connectivity index (χ1n) is 7.68. The number of ether oxygens (including phenoxy) is 1. The third-order valence-electron chi connectivity index (χ3n) is 3.80. The average molecular weight is 415 g/mol. The number of pyridine rings is 1. The van der Waals surface area contributed by atoms with Gasteiger partial charge in [0.05, 0.1) is 5.02 Å². The summed E-state index contributed by atoms with van der Waals surface area (Å²) in [6.45, 7) is 0.497. The molecule has 0 atom stereocenters. The third-order valence-corrected chi connectivity index (χ3v) is 4.58. The van der Waals surface area contributed by atoms with Crippen molar-refractivity contribution in [2.45, 2.75) is 6.61 Å². The van der Waals surface area contributed by atoms with E-state index >= 15 is 0 Å². The maximum absolute atomic E-state index is 6.47. The molecule has 4 rings (SSSR count). The molecule has 124 valence electrons. The summed E-state index contributed by atoms with van der Waals surface area (Å²) in [4.78, 5) is 0. The highest BCUT2D eigenvalue weighted by Gasteiger charge is 2.12. The van der Waals surface area contributed by atoms with Gasteiger partial charge >= 0.3 is 0 Å². The van der Waals surface area contributed by atoms with Crippen molar-refractivity contribution in [3.8, 4) is 17.1 Å². The van der Waals surface area contributed by atoms with Crippen molar-refractivity contribution in [2.75, 3.05) is 0 Å². The van der Waals surface area contributed by atoms with Gasteiger partial charge in [-0.2, -0.15) is 0 Å². The molecule has 0 saturated heterocycles. The minimum atomic E-state index is 0.497. The van der Waals surface area contributed by atoms with Gasteiger partial charge in [0.2, 0.25) is 0 Å². The molecule has 0 amide bonds. The molecule has 25 heavy (non-hydrogen) atoms. The first-order chi connectivity index (χ1) is 12.2. The molecule has 0 radical (unpaired) electrons. The quantitative estimate of drug-likeness (QED) is 0.449. The van der Waals surface area contributed by atoms with Gasteiger partial charge in [0.15, 0.2) is 11.5 Å². The second-order valence-electron chi connectivity index (χ2n) is 5.52. The van der Waals surface area contributed by atoms with Crippen LogP contribution in [0.4, 0.5) is 0 Å². The van der Waals surface area contributed by atoms with Crippen LogP contribution < -0.4 is 4.74 Å². The number of halogens is 2. The average Bonchev–Trinajstić information content (AvgIpc) is 3.04. The lowest BCUT2D eigenvalue weighted by molar-refractivity contribution is 0.306. The molecule has 0 aliphatic carbocycles. The van der Waals surface area contributed by atoms with E-state index in [2.05, 4.69) is 26.1 Å². The highest BCUT2D eigenvalue weighted by molar-refractivity contribution is 9.10. The maximum atomic E-state index is 6.47. The minimum absolute atomic E-state index is 0.497. The number of fused-ring (bicyclic) bond motifs is 1. The molecule has 0 fully saturated rings. The zero-order chi connectivity index (χ0) is 17.2. The number of nitrogens with zero attached hydrogens (tertiary/aromatic N) is 3. The summed E-state index contributed by atoms with van der Waals surface area (Å²) in [5.74, 6) is 1.41. The van der Waals surface area contributed by atoms with Crippen LogP contribution in [0.3, 0.4) is 0 Å². The smallest absolute Gasteiger partial charge is 0.169 e. The van der Waals surface area contributed by atoms with Gasteiger partial charge in [-0.05, 0) is 51.8 Å². The molecule has 2 heterocycles. The van der Waals surface area contributed by atoms with Gasteiger partial charge in [-0.15, -0.1) is 10.2 Å². The first kappa shape index (κ1) is 16.1. The van der Waals surface area contributed by atoms with E-state index in [0.717, 1.165) is 21.2 Å². The minimum Gasteiger partial charge on any atom is -0.489 e. The van der Waals surface area contributed by atoms with Gasteiger partial charge in [0.1, 0.15) is 12.4 Å². The molecule has 4 aromatic rings. The lowest BCUT2D eigenvalue weighted by atomic mass is 10.2. The van der Waals surface area contributed by atoms with Crippen LogP contribution in [0.2, 0.25) is 5.02 Å². The fourth-order valence-corrected chi connectivity index (χ4v) is 3.15. The predicted octanol–water partition coefficient (Wildman–Crippen LogP) is 5.39. The number of rotatable bonds is 4. The Bertz CT molecular complexity index is 1030. The summed E-state index contributed by atoms with van der Waals surface area (Å²) in [5, 5.41) is 9.00. The van der Waals surface area contributed by atoms with E-state index in [1.165, 1.54) is 0 Å². The van der Waals surface area contributed by atoms with Gasteiger partial charge in [0.25, 0.3) is 0 Å². The second-order valence-corrected chi connectivity index (χ2v) is 6.84. The highest BCUT2D eigenvalue weighted by Crippen LogP contribution is 2.31. The molecule has 0 spiro atoms. The van der Waals surface area contributed by atoms with Crippen molar-refractivity contribution in [1.29, 1.82) is 0 Å². The number of aromatic nitrogens is 3. The van der Waals surface area contributed by atoms with Crippen LogP contribution >= 0.6 is 27.5 Å². The number of benzene rings is 2. The summed E-state index contributed by atoms with van der Waals surface area (Å²) in [6.07, 6.45) is 1.92. The van der Waals surface area contributed by atoms with Gasteiger partial charge in [0, 0.05) is 16.2 Å². The first-order valence-corrected chi connectivity index (χ1v) is 8.85. The summed E-state index contributed by atoms with van der Waals surface area (Å²) in [6, 6.07) is 19.4. The zero-order valence-electron chi connectivity index (χ0n) is 13.1. The van der Waals surface area contributed by atoms with Gasteiger partial charge in [-0.1, -0.05) is 41.9 Å². The fourth-order valence-electron chi connectivity index (χ4n) is 2.56. The summed E-state index contributed by atoms with van der Waals surface area (Å²) >= 11 is 9.94. The number of hydrogen-bond donors (Lipinski definition) is 0. The maximum Gasteiger partial charge on any atom is 0.169 e. The van der Waals surface area contributed by atoms with E-state index in [0.29, 0.717) is 23.2 Å². The monoisotopic (exact) mass is 413 g/mol. The SMILES string of the molecule is Clc1cc(OCc2ccccc2)ccc1-c1nnc2ccc(Br)cn12. The van der Waals surface area contributed by atoms with Gasteiger partial charge in [-0.25, -0.2) is 0 Å². The largest absolute Gasteiger partial charge is 0.489 e. The van der Waals surface area contributed by atoms with Crippen LogP contribution in [0.1, 0.15) is 5.56 Å². The molecular formula is C19H13BrClN3O. The van der Waals surface area contributed by atoms with Crippen LogP contribution in [-0.2, 0) is 6.61 Å². The van der Waals surface area contributed by atoms with Gasteiger partial charge < -0.3 is 4.74 Å². The molecule has 0 N–H and O–H groups in total. The zero-order valence-corrected chi connectivity index (χ0v) is 15.4. The van der Waals surface area contributed by atoms with E-state index in [-0.39, 0.29) is 0 Å². The van der Waals surface area contributed by atoms with Crippen LogP contribution in [0, 0.1) is 0 Å². The van der Waals surface area contributed by atoms with Crippen molar-refractivity contribution < 1.29 is 4.74 Å². The van der Waals surface area contributed by atoms with Crippen molar-refractivity contribution in [1.82, 2.24) is 14.6 Å². The molecule has 4 nitrogen and oxygen atoms in total. The topological polar surface area (TPSA) is 39.4 Å². The molecule has 2 aromatic carbocycles. The molecule has 0 aliphatic rings. The Morgan fingerprint density at radius 2 is 1.84 bits per heavy atom. The van der Waals surface area contributed by atoms with Crippen LogP contribution in [0.25, 0.3) is 17.0 Å². The second kappa shape index (κ2) is 6.86. The summed E-state index contributed by atoms with van der Waals surface area (Å²) in [5.41, 5.74) is 2.67. The van der Waals surface area contributed by atoms with E-state index in [9.17, 15) is 0 Å². The molecule has 6 heteroatoms. The molecule has 0 aliphatic heterocycles. The van der Waals surface area contributed by atoms with E-state index in [1.807, 2.05) is 65.2 Å². The van der Waals surface area contributed by atoms with Crippen LogP contribution in [-0.4, -0.2) is 14.6 Å².